The van der Waals surface area contributed by atoms with E-state index in [9.17, 15) is 19.7 Å². The predicted octanol–water partition coefficient (Wildman–Crippen LogP) is 0.524. The molecular formula is C10H5N5NaO5S. The quantitative estimate of drug-likeness (QED) is 0.365. The van der Waals surface area contributed by atoms with Gasteiger partial charge in [-0.15, -0.1) is 0 Å². The van der Waals surface area contributed by atoms with Crippen molar-refractivity contribution in [2.45, 2.75) is 6.42 Å². The Balaban J connectivity index is 0.00000176. The summed E-state index contributed by atoms with van der Waals surface area (Å²) in [4.78, 5) is 35.0. The van der Waals surface area contributed by atoms with Crippen LogP contribution in [0.25, 0.3) is 11.0 Å². The van der Waals surface area contributed by atoms with Crippen LogP contribution in [0.2, 0.25) is 0 Å². The van der Waals surface area contributed by atoms with Crippen LogP contribution in [0.1, 0.15) is 6.42 Å². The normalized spacial score (nSPS) is 14.7. The van der Waals surface area contributed by atoms with Crippen LogP contribution in [0, 0.1) is 10.1 Å². The van der Waals surface area contributed by atoms with Crippen molar-refractivity contribution in [3.63, 3.8) is 0 Å². The van der Waals surface area contributed by atoms with E-state index < -0.39 is 16.9 Å². The zero-order valence-corrected chi connectivity index (χ0v) is 13.9. The number of rotatable bonds is 2. The fourth-order valence-electron chi connectivity index (χ4n) is 1.96. The Kier molecular flexibility index (Phi) is 4.51. The Morgan fingerprint density at radius 3 is 2.64 bits per heavy atom. The van der Waals surface area contributed by atoms with Gasteiger partial charge in [-0.1, -0.05) is 12.2 Å². The number of amides is 3. The molecule has 12 heteroatoms. The van der Waals surface area contributed by atoms with Gasteiger partial charge in [0.2, 0.25) is 11.4 Å². The van der Waals surface area contributed by atoms with E-state index >= 15 is 0 Å². The summed E-state index contributed by atoms with van der Waals surface area (Å²) >= 11 is 4.78. The number of thiocarbonyl (C=S) groups is 1. The molecule has 0 bridgehead atoms. The molecule has 1 aliphatic rings. The molecule has 1 N–H and O–H groups in total. The smallest absolute Gasteiger partial charge is 0.301 e. The minimum absolute atomic E-state index is 0. The van der Waals surface area contributed by atoms with E-state index in [1.807, 2.05) is 0 Å². The number of urea groups is 1. The number of nitro benzene ring substituents is 1. The summed E-state index contributed by atoms with van der Waals surface area (Å²) in [5.41, 5.74) is -0.496. The van der Waals surface area contributed by atoms with E-state index in [0.717, 1.165) is 11.0 Å². The van der Waals surface area contributed by atoms with Crippen molar-refractivity contribution < 1.29 is 19.1 Å². The molecule has 107 valence electrons. The number of non-ortho nitro benzene ring substituents is 1. The molecule has 0 spiro atoms. The topological polar surface area (TPSA) is 131 Å². The number of hydrogen-bond acceptors (Lipinski definition) is 8. The van der Waals surface area contributed by atoms with Gasteiger partial charge in [-0.2, -0.15) is 0 Å². The number of nitrogens with one attached hydrogen (secondary N) is 1. The van der Waals surface area contributed by atoms with Crippen molar-refractivity contribution in [2.24, 2.45) is 0 Å². The number of imide groups is 1. The predicted molar refractivity (Wildman–Crippen MR) is 77.4 cm³/mol. The second-order valence-electron chi connectivity index (χ2n) is 4.08. The van der Waals surface area contributed by atoms with Crippen molar-refractivity contribution in [2.75, 3.05) is 4.90 Å². The Labute approximate surface area is 149 Å². The van der Waals surface area contributed by atoms with Crippen LogP contribution in [0.3, 0.4) is 0 Å². The van der Waals surface area contributed by atoms with E-state index in [-0.39, 0.29) is 63.4 Å². The summed E-state index contributed by atoms with van der Waals surface area (Å²) in [6.45, 7) is 0. The first-order chi connectivity index (χ1) is 9.99. The average molecular weight is 330 g/mol. The number of aromatic nitrogens is 2. The molecule has 1 aromatic carbocycles. The van der Waals surface area contributed by atoms with Gasteiger partial charge in [0.1, 0.15) is 0 Å². The fraction of sp³-hybridized carbons (Fsp3) is 0.100. The maximum absolute atomic E-state index is 12.0. The summed E-state index contributed by atoms with van der Waals surface area (Å²) in [6, 6.07) is 1.60. The van der Waals surface area contributed by atoms with Gasteiger partial charge in [-0.3, -0.25) is 14.9 Å². The van der Waals surface area contributed by atoms with Crippen LogP contribution < -0.4 is 10.2 Å². The van der Waals surface area contributed by atoms with E-state index in [1.54, 1.807) is 0 Å². The standard InChI is InChI=1S/C10H5N5O5S.Na/c16-7-3-6(21)11-10(17)14(7)4-1-2-5(15(18)19)9-8(4)12-20-13-9;/h1-2H,3H2,(H,11,17,21);. The van der Waals surface area contributed by atoms with Crippen molar-refractivity contribution in [1.29, 1.82) is 0 Å². The number of anilines is 1. The molecule has 0 unspecified atom stereocenters. The van der Waals surface area contributed by atoms with Crippen LogP contribution in [0.4, 0.5) is 16.2 Å². The number of nitrogens with zero attached hydrogens (tertiary/aromatic N) is 4. The maximum Gasteiger partial charge on any atom is 0.333 e. The van der Waals surface area contributed by atoms with Gasteiger partial charge in [-0.05, 0) is 16.4 Å². The van der Waals surface area contributed by atoms with Crippen molar-refractivity contribution in [1.82, 2.24) is 15.6 Å². The second kappa shape index (κ2) is 6.04. The zero-order valence-electron chi connectivity index (χ0n) is 11.1. The fourth-order valence-corrected chi connectivity index (χ4v) is 2.17. The Morgan fingerprint density at radius 1 is 1.32 bits per heavy atom. The van der Waals surface area contributed by atoms with Gasteiger partial charge >= 0.3 is 11.7 Å². The molecule has 1 aromatic heterocycles. The minimum atomic E-state index is -0.755. The van der Waals surface area contributed by atoms with Crippen molar-refractivity contribution in [3.8, 4) is 0 Å². The van der Waals surface area contributed by atoms with Crippen molar-refractivity contribution >= 4 is 81.1 Å². The number of carbonyl (C=O) groups is 2. The van der Waals surface area contributed by atoms with E-state index in [0.29, 0.717) is 0 Å². The number of carbonyl (C=O) groups excluding carboxylic acids is 2. The summed E-state index contributed by atoms with van der Waals surface area (Å²) in [5, 5.41) is 20.2. The van der Waals surface area contributed by atoms with E-state index in [4.69, 9.17) is 12.2 Å². The van der Waals surface area contributed by atoms with Gasteiger partial charge in [-0.25, -0.2) is 14.3 Å². The van der Waals surface area contributed by atoms with Gasteiger partial charge in [0.25, 0.3) is 0 Å². The van der Waals surface area contributed by atoms with E-state index in [1.165, 1.54) is 6.07 Å². The summed E-state index contributed by atoms with van der Waals surface area (Å²) in [5.74, 6) is -0.568. The molecule has 0 atom stereocenters. The molecule has 3 rings (SSSR count). The van der Waals surface area contributed by atoms with Gasteiger partial charge in [0, 0.05) is 35.6 Å². The first-order valence-electron chi connectivity index (χ1n) is 5.55. The van der Waals surface area contributed by atoms with Crippen LogP contribution in [-0.2, 0) is 4.79 Å². The summed E-state index contributed by atoms with van der Waals surface area (Å²) in [7, 11) is 0. The molecule has 10 nitrogen and oxygen atoms in total. The molecule has 0 aliphatic carbocycles. The third kappa shape index (κ3) is 2.59. The molecule has 22 heavy (non-hydrogen) atoms. The van der Waals surface area contributed by atoms with Crippen LogP contribution in [0.5, 0.6) is 0 Å². The Bertz CT molecular complexity index is 801. The molecule has 2 aromatic rings. The first-order valence-corrected chi connectivity index (χ1v) is 5.96. The van der Waals surface area contributed by atoms with Gasteiger partial charge in [0.05, 0.1) is 22.0 Å². The molecule has 0 saturated carbocycles. The largest absolute Gasteiger partial charge is 0.333 e. The molecule has 1 aliphatic heterocycles. The molecule has 1 radical (unpaired) electrons. The number of nitro groups is 1. The average Bonchev–Trinajstić information content (AvgIpc) is 2.86. The minimum Gasteiger partial charge on any atom is -0.301 e. The summed E-state index contributed by atoms with van der Waals surface area (Å²) < 4.78 is 4.48. The summed E-state index contributed by atoms with van der Waals surface area (Å²) in [6.07, 6.45) is -0.148. The van der Waals surface area contributed by atoms with Crippen LogP contribution in [-0.4, -0.2) is 61.7 Å². The number of hydrogen-bond donors (Lipinski definition) is 1. The molecule has 3 amide bonds. The Hall–Kier alpha value is -1.95. The van der Waals surface area contributed by atoms with Gasteiger partial charge < -0.3 is 5.32 Å². The Morgan fingerprint density at radius 2 is 2.00 bits per heavy atom. The maximum atomic E-state index is 12.0. The zero-order chi connectivity index (χ0) is 15.1. The number of fused-ring (bicyclic) bond motifs is 1. The molecule has 1 fully saturated rings. The van der Waals surface area contributed by atoms with Crippen molar-refractivity contribution in [3.05, 3.63) is 22.2 Å². The van der Waals surface area contributed by atoms with Gasteiger partial charge in [0.15, 0.2) is 5.52 Å². The van der Waals surface area contributed by atoms with Crippen LogP contribution >= 0.6 is 12.2 Å². The SMILES string of the molecule is O=C1CC(=S)NC(=O)N1c1ccc([N+](=O)[O-])c2nonc12.[Na]. The molecule has 2 heterocycles. The third-order valence-electron chi connectivity index (χ3n) is 2.82. The molecular weight excluding hydrogens is 325 g/mol. The first kappa shape index (κ1) is 16.4. The second-order valence-corrected chi connectivity index (χ2v) is 4.57. The number of benzene rings is 1. The van der Waals surface area contributed by atoms with E-state index in [2.05, 4.69) is 20.3 Å². The van der Waals surface area contributed by atoms with Crippen LogP contribution in [0.15, 0.2) is 16.8 Å². The third-order valence-corrected chi connectivity index (χ3v) is 3.07. The monoisotopic (exact) mass is 330 g/mol. The molecule has 1 saturated heterocycles.